The fourth-order valence-electron chi connectivity index (χ4n) is 2.50. The van der Waals surface area contributed by atoms with Gasteiger partial charge in [0.1, 0.15) is 0 Å². The molecule has 1 aliphatic rings. The second-order valence-corrected chi connectivity index (χ2v) is 4.74. The molecule has 3 heteroatoms. The van der Waals surface area contributed by atoms with Gasteiger partial charge in [-0.25, -0.2) is 0 Å². The fraction of sp³-hybridized carbons (Fsp3) is 0.500. The molecule has 1 fully saturated rings. The van der Waals surface area contributed by atoms with Gasteiger partial charge in [0.25, 0.3) is 0 Å². The van der Waals surface area contributed by atoms with Crippen LogP contribution < -0.4 is 4.90 Å². The van der Waals surface area contributed by atoms with Crippen LogP contribution in [0.3, 0.4) is 0 Å². The largest absolute Gasteiger partial charge is 0.393 e. The molecule has 0 aliphatic carbocycles. The van der Waals surface area contributed by atoms with Crippen molar-refractivity contribution < 1.29 is 9.90 Å². The second-order valence-electron chi connectivity index (χ2n) is 4.74. The lowest BCUT2D eigenvalue weighted by Gasteiger charge is -2.35. The maximum absolute atomic E-state index is 11.0. The first-order valence-corrected chi connectivity index (χ1v) is 6.19. The van der Waals surface area contributed by atoms with Crippen molar-refractivity contribution in [2.75, 3.05) is 18.0 Å². The zero-order valence-electron chi connectivity index (χ0n) is 10.2. The molecule has 1 aromatic rings. The first-order chi connectivity index (χ1) is 8.22. The van der Waals surface area contributed by atoms with Crippen molar-refractivity contribution in [3.63, 3.8) is 0 Å². The van der Waals surface area contributed by atoms with E-state index >= 15 is 0 Å². The molecule has 1 heterocycles. The van der Waals surface area contributed by atoms with Gasteiger partial charge in [-0.15, -0.1) is 0 Å². The molecular weight excluding hydrogens is 214 g/mol. The number of rotatable bonds is 3. The lowest BCUT2D eigenvalue weighted by atomic mass is 9.91. The Hall–Kier alpha value is -1.35. The Bertz CT molecular complexity index is 382. The predicted octanol–water partition coefficient (Wildman–Crippen LogP) is 2.10. The average Bonchev–Trinajstić information content (AvgIpc) is 2.39. The van der Waals surface area contributed by atoms with Gasteiger partial charge in [-0.2, -0.15) is 0 Å². The van der Waals surface area contributed by atoms with Crippen LogP contribution in [-0.4, -0.2) is 30.6 Å². The molecule has 0 spiro atoms. The summed E-state index contributed by atoms with van der Waals surface area (Å²) in [5, 5.41) is 9.56. The number of aliphatic hydroxyl groups excluding tert-OH is 1. The van der Waals surface area contributed by atoms with Gasteiger partial charge in [0, 0.05) is 24.3 Å². The standard InChI is InChI=1S/C14H19NO2/c1-11(17)12-6-8-15(9-7-12)14-5-3-2-4-13(14)10-16/h2-5,10-12,17H,6-9H2,1H3. The predicted molar refractivity (Wildman–Crippen MR) is 68.4 cm³/mol. The number of nitrogens with zero attached hydrogens (tertiary/aromatic N) is 1. The molecule has 0 bridgehead atoms. The molecule has 92 valence electrons. The molecule has 0 aromatic heterocycles. The van der Waals surface area contributed by atoms with E-state index < -0.39 is 0 Å². The summed E-state index contributed by atoms with van der Waals surface area (Å²) in [6.07, 6.45) is 2.67. The summed E-state index contributed by atoms with van der Waals surface area (Å²) in [5.41, 5.74) is 1.77. The van der Waals surface area contributed by atoms with Crippen molar-refractivity contribution in [1.29, 1.82) is 0 Å². The summed E-state index contributed by atoms with van der Waals surface area (Å²) in [4.78, 5) is 13.2. The SMILES string of the molecule is CC(O)C1CCN(c2ccccc2C=O)CC1. The van der Waals surface area contributed by atoms with Crippen molar-refractivity contribution in [3.8, 4) is 0 Å². The lowest BCUT2D eigenvalue weighted by Crippen LogP contribution is -2.37. The van der Waals surface area contributed by atoms with Gasteiger partial charge in [-0.1, -0.05) is 12.1 Å². The Labute approximate surface area is 102 Å². The number of aliphatic hydroxyl groups is 1. The Morgan fingerprint density at radius 2 is 2.00 bits per heavy atom. The number of anilines is 1. The van der Waals surface area contributed by atoms with E-state index in [0.29, 0.717) is 5.92 Å². The van der Waals surface area contributed by atoms with Crippen molar-refractivity contribution >= 4 is 12.0 Å². The summed E-state index contributed by atoms with van der Waals surface area (Å²) in [5.74, 6) is 0.398. The molecule has 1 unspecified atom stereocenters. The van der Waals surface area contributed by atoms with E-state index in [9.17, 15) is 9.90 Å². The molecule has 17 heavy (non-hydrogen) atoms. The smallest absolute Gasteiger partial charge is 0.152 e. The molecule has 0 amide bonds. The summed E-state index contributed by atoms with van der Waals surface area (Å²) in [6, 6.07) is 7.69. The van der Waals surface area contributed by atoms with Crippen LogP contribution >= 0.6 is 0 Å². The summed E-state index contributed by atoms with van der Waals surface area (Å²) < 4.78 is 0. The van der Waals surface area contributed by atoms with Crippen LogP contribution in [0.15, 0.2) is 24.3 Å². The van der Waals surface area contributed by atoms with Gasteiger partial charge in [0.15, 0.2) is 6.29 Å². The topological polar surface area (TPSA) is 40.5 Å². The quantitative estimate of drug-likeness (QED) is 0.813. The highest BCUT2D eigenvalue weighted by molar-refractivity contribution is 5.84. The number of benzene rings is 1. The minimum atomic E-state index is -0.224. The van der Waals surface area contributed by atoms with E-state index in [1.165, 1.54) is 0 Å². The maximum Gasteiger partial charge on any atom is 0.152 e. The molecule has 0 saturated carbocycles. The monoisotopic (exact) mass is 233 g/mol. The minimum Gasteiger partial charge on any atom is -0.393 e. The molecule has 1 aromatic carbocycles. The van der Waals surface area contributed by atoms with Crippen LogP contribution in [0.25, 0.3) is 0 Å². The molecule has 1 N–H and O–H groups in total. The van der Waals surface area contributed by atoms with Crippen LogP contribution in [0.2, 0.25) is 0 Å². The van der Waals surface area contributed by atoms with Gasteiger partial charge < -0.3 is 10.0 Å². The number of carbonyl (C=O) groups excluding carboxylic acids is 1. The third kappa shape index (κ3) is 2.67. The Balaban J connectivity index is 2.07. The number of para-hydroxylation sites is 1. The number of carbonyl (C=O) groups is 1. The van der Waals surface area contributed by atoms with Crippen molar-refractivity contribution in [3.05, 3.63) is 29.8 Å². The van der Waals surface area contributed by atoms with Crippen LogP contribution in [0.1, 0.15) is 30.1 Å². The highest BCUT2D eigenvalue weighted by atomic mass is 16.3. The van der Waals surface area contributed by atoms with Crippen molar-refractivity contribution in [2.24, 2.45) is 5.92 Å². The highest BCUT2D eigenvalue weighted by Gasteiger charge is 2.23. The Kier molecular flexibility index (Phi) is 3.79. The zero-order chi connectivity index (χ0) is 12.3. The first-order valence-electron chi connectivity index (χ1n) is 6.19. The number of aldehydes is 1. The van der Waals surface area contributed by atoms with E-state index in [2.05, 4.69) is 4.90 Å². The maximum atomic E-state index is 11.0. The average molecular weight is 233 g/mol. The van der Waals surface area contributed by atoms with Gasteiger partial charge in [-0.3, -0.25) is 4.79 Å². The molecule has 3 nitrogen and oxygen atoms in total. The molecule has 1 saturated heterocycles. The summed E-state index contributed by atoms with van der Waals surface area (Å²) in [6.45, 7) is 3.69. The highest BCUT2D eigenvalue weighted by Crippen LogP contribution is 2.26. The third-order valence-corrected chi connectivity index (χ3v) is 3.63. The van der Waals surface area contributed by atoms with Gasteiger partial charge in [0.05, 0.1) is 6.10 Å². The van der Waals surface area contributed by atoms with Gasteiger partial charge >= 0.3 is 0 Å². The van der Waals surface area contributed by atoms with E-state index in [4.69, 9.17) is 0 Å². The third-order valence-electron chi connectivity index (χ3n) is 3.63. The molecular formula is C14H19NO2. The lowest BCUT2D eigenvalue weighted by molar-refractivity contribution is 0.109. The second kappa shape index (κ2) is 5.32. The number of hydrogen-bond donors (Lipinski definition) is 1. The summed E-state index contributed by atoms with van der Waals surface area (Å²) in [7, 11) is 0. The minimum absolute atomic E-state index is 0.224. The van der Waals surface area contributed by atoms with Gasteiger partial charge in [0.2, 0.25) is 0 Å². The first kappa shape index (κ1) is 12.1. The number of piperidine rings is 1. The normalized spacial score (nSPS) is 19.1. The van der Waals surface area contributed by atoms with Crippen molar-refractivity contribution in [2.45, 2.75) is 25.9 Å². The van der Waals surface area contributed by atoms with E-state index in [1.54, 1.807) is 0 Å². The molecule has 2 rings (SSSR count). The van der Waals surface area contributed by atoms with Crippen LogP contribution in [0, 0.1) is 5.92 Å². The van der Waals surface area contributed by atoms with Crippen LogP contribution in [-0.2, 0) is 0 Å². The zero-order valence-corrected chi connectivity index (χ0v) is 10.2. The number of hydrogen-bond acceptors (Lipinski definition) is 3. The molecule has 1 aliphatic heterocycles. The van der Waals surface area contributed by atoms with E-state index in [-0.39, 0.29) is 6.10 Å². The van der Waals surface area contributed by atoms with Crippen LogP contribution in [0.5, 0.6) is 0 Å². The van der Waals surface area contributed by atoms with Crippen molar-refractivity contribution in [1.82, 2.24) is 0 Å². The summed E-state index contributed by atoms with van der Waals surface area (Å²) >= 11 is 0. The molecule has 1 atom stereocenters. The molecule has 0 radical (unpaired) electrons. The van der Waals surface area contributed by atoms with Gasteiger partial charge in [-0.05, 0) is 37.8 Å². The Morgan fingerprint density at radius 1 is 1.35 bits per heavy atom. The van der Waals surface area contributed by atoms with E-state index in [1.807, 2.05) is 31.2 Å². The Morgan fingerprint density at radius 3 is 2.59 bits per heavy atom. The fourth-order valence-corrected chi connectivity index (χ4v) is 2.50. The van der Waals surface area contributed by atoms with Crippen LogP contribution in [0.4, 0.5) is 5.69 Å². The van der Waals surface area contributed by atoms with E-state index in [0.717, 1.165) is 43.5 Å².